The maximum Gasteiger partial charge on any atom is 0.279 e. The van der Waals surface area contributed by atoms with Gasteiger partial charge in [0, 0.05) is 25.2 Å². The van der Waals surface area contributed by atoms with Gasteiger partial charge in [-0.2, -0.15) is 12.7 Å². The van der Waals surface area contributed by atoms with E-state index in [9.17, 15) is 8.42 Å². The molecule has 0 amide bonds. The highest BCUT2D eigenvalue weighted by atomic mass is 32.2. The Morgan fingerprint density at radius 3 is 2.61 bits per heavy atom. The second-order valence-corrected chi connectivity index (χ2v) is 8.14. The van der Waals surface area contributed by atoms with Crippen LogP contribution in [0.25, 0.3) is 0 Å². The highest BCUT2D eigenvalue weighted by Crippen LogP contribution is 2.41. The second-order valence-electron chi connectivity index (χ2n) is 6.46. The Morgan fingerprint density at radius 2 is 2.06 bits per heavy atom. The molecule has 18 heavy (non-hydrogen) atoms. The molecule has 2 aliphatic rings. The van der Waals surface area contributed by atoms with E-state index in [0.717, 1.165) is 13.1 Å². The molecule has 0 spiro atoms. The molecule has 0 radical (unpaired) electrons. The Balaban J connectivity index is 2.14. The van der Waals surface area contributed by atoms with E-state index in [1.807, 2.05) is 27.7 Å². The number of rotatable bonds is 4. The van der Waals surface area contributed by atoms with Crippen molar-refractivity contribution < 1.29 is 8.42 Å². The van der Waals surface area contributed by atoms with Crippen LogP contribution in [0.4, 0.5) is 0 Å². The van der Waals surface area contributed by atoms with Crippen molar-refractivity contribution in [2.75, 3.05) is 26.2 Å². The Bertz CT molecular complexity index is 406. The first kappa shape index (κ1) is 14.2. The molecule has 0 aromatic rings. The first-order valence-corrected chi connectivity index (χ1v) is 8.17. The van der Waals surface area contributed by atoms with Crippen molar-refractivity contribution in [3.8, 4) is 0 Å². The van der Waals surface area contributed by atoms with Crippen LogP contribution in [0.1, 0.15) is 27.7 Å². The van der Waals surface area contributed by atoms with E-state index < -0.39 is 10.2 Å². The third-order valence-corrected chi connectivity index (χ3v) is 5.99. The normalized spacial score (nSPS) is 32.1. The van der Waals surface area contributed by atoms with Crippen molar-refractivity contribution in [3.63, 3.8) is 0 Å². The van der Waals surface area contributed by atoms with Gasteiger partial charge in [-0.15, -0.1) is 0 Å². The molecule has 5 nitrogen and oxygen atoms in total. The largest absolute Gasteiger partial charge is 0.316 e. The minimum atomic E-state index is -3.35. The molecule has 6 heteroatoms. The van der Waals surface area contributed by atoms with Crippen LogP contribution in [0.2, 0.25) is 0 Å². The highest BCUT2D eigenvalue weighted by molar-refractivity contribution is 7.87. The Morgan fingerprint density at radius 1 is 1.39 bits per heavy atom. The first-order chi connectivity index (χ1) is 8.25. The summed E-state index contributed by atoms with van der Waals surface area (Å²) in [6.45, 7) is 11.1. The summed E-state index contributed by atoms with van der Waals surface area (Å²) in [7, 11) is -3.35. The molecule has 2 atom stereocenters. The van der Waals surface area contributed by atoms with Crippen LogP contribution in [-0.4, -0.2) is 44.4 Å². The van der Waals surface area contributed by atoms with Gasteiger partial charge in [0.1, 0.15) is 0 Å². The summed E-state index contributed by atoms with van der Waals surface area (Å²) in [5, 5.41) is 3.36. The van der Waals surface area contributed by atoms with Crippen molar-refractivity contribution in [2.24, 2.45) is 17.8 Å². The van der Waals surface area contributed by atoms with Gasteiger partial charge in [-0.3, -0.25) is 0 Å². The summed E-state index contributed by atoms with van der Waals surface area (Å²) in [5.74, 6) is 1.20. The lowest BCUT2D eigenvalue weighted by molar-refractivity contribution is 0.230. The fourth-order valence-corrected chi connectivity index (χ4v) is 4.98. The number of nitrogens with zero attached hydrogens (tertiary/aromatic N) is 1. The van der Waals surface area contributed by atoms with Gasteiger partial charge in [0.25, 0.3) is 10.2 Å². The van der Waals surface area contributed by atoms with Crippen molar-refractivity contribution in [2.45, 2.75) is 33.2 Å². The maximum absolute atomic E-state index is 12.4. The van der Waals surface area contributed by atoms with Crippen molar-refractivity contribution >= 4 is 10.2 Å². The lowest BCUT2D eigenvalue weighted by Gasteiger charge is -2.34. The molecule has 0 aromatic heterocycles. The molecule has 0 aromatic carbocycles. The van der Waals surface area contributed by atoms with Gasteiger partial charge in [0.15, 0.2) is 0 Å². The molecule has 2 N–H and O–H groups in total. The summed E-state index contributed by atoms with van der Waals surface area (Å²) in [6.07, 6.45) is 0. The molecule has 0 saturated carbocycles. The average molecular weight is 275 g/mol. The molecule has 2 saturated heterocycles. The van der Waals surface area contributed by atoms with Gasteiger partial charge < -0.3 is 5.32 Å². The van der Waals surface area contributed by atoms with Crippen molar-refractivity contribution in [3.05, 3.63) is 0 Å². The van der Waals surface area contributed by atoms with Crippen LogP contribution in [0, 0.1) is 17.8 Å². The standard InChI is InChI=1S/C12H25N3O2S/c1-9(2)5-14-18(16,17)15-8-10-6-13-7-11(10)12(15,3)4/h9-11,13-14H,5-8H2,1-4H3. The molecule has 106 valence electrons. The summed E-state index contributed by atoms with van der Waals surface area (Å²) in [5.41, 5.74) is -0.295. The van der Waals surface area contributed by atoms with Crippen LogP contribution in [0.15, 0.2) is 0 Å². The quantitative estimate of drug-likeness (QED) is 0.781. The average Bonchev–Trinajstić information content (AvgIpc) is 2.79. The van der Waals surface area contributed by atoms with Gasteiger partial charge >= 0.3 is 0 Å². The fourth-order valence-electron chi connectivity index (χ4n) is 3.14. The molecular formula is C12H25N3O2S. The van der Waals surface area contributed by atoms with Gasteiger partial charge in [-0.1, -0.05) is 13.8 Å². The van der Waals surface area contributed by atoms with Crippen molar-refractivity contribution in [1.29, 1.82) is 0 Å². The van der Waals surface area contributed by atoms with E-state index >= 15 is 0 Å². The SMILES string of the molecule is CC(C)CNS(=O)(=O)N1CC2CNCC2C1(C)C. The fraction of sp³-hybridized carbons (Fsp3) is 1.00. The molecule has 2 fully saturated rings. The van der Waals surface area contributed by atoms with E-state index in [4.69, 9.17) is 0 Å². The van der Waals surface area contributed by atoms with Gasteiger partial charge in [-0.05, 0) is 38.1 Å². The van der Waals surface area contributed by atoms with E-state index in [-0.39, 0.29) is 5.54 Å². The molecule has 2 heterocycles. The molecule has 0 aliphatic carbocycles. The second kappa shape index (κ2) is 4.74. The van der Waals surface area contributed by atoms with E-state index in [1.165, 1.54) is 0 Å². The Hall–Kier alpha value is -0.170. The maximum atomic E-state index is 12.4. The minimum absolute atomic E-state index is 0.295. The number of hydrogen-bond acceptors (Lipinski definition) is 3. The van der Waals surface area contributed by atoms with Crippen LogP contribution < -0.4 is 10.0 Å². The van der Waals surface area contributed by atoms with E-state index in [1.54, 1.807) is 4.31 Å². The Labute approximate surface area is 110 Å². The zero-order valence-corrected chi connectivity index (χ0v) is 12.5. The van der Waals surface area contributed by atoms with Gasteiger partial charge in [0.2, 0.25) is 0 Å². The van der Waals surface area contributed by atoms with E-state index in [2.05, 4.69) is 10.0 Å². The highest BCUT2D eigenvalue weighted by Gasteiger charge is 2.53. The molecule has 0 bridgehead atoms. The summed E-state index contributed by atoms with van der Waals surface area (Å²) >= 11 is 0. The predicted octanol–water partition coefficient (Wildman–Crippen LogP) is 0.407. The molecular weight excluding hydrogens is 250 g/mol. The van der Waals surface area contributed by atoms with Gasteiger partial charge in [0.05, 0.1) is 0 Å². The summed E-state index contributed by atoms with van der Waals surface area (Å²) in [4.78, 5) is 0. The van der Waals surface area contributed by atoms with Crippen molar-refractivity contribution in [1.82, 2.24) is 14.3 Å². The van der Waals surface area contributed by atoms with Crippen LogP contribution in [0.5, 0.6) is 0 Å². The lowest BCUT2D eigenvalue weighted by Crippen LogP contribution is -2.52. The smallest absolute Gasteiger partial charge is 0.279 e. The molecule has 2 aliphatic heterocycles. The van der Waals surface area contributed by atoms with Crippen LogP contribution in [-0.2, 0) is 10.2 Å². The molecule has 2 unspecified atom stereocenters. The third kappa shape index (κ3) is 2.43. The monoisotopic (exact) mass is 275 g/mol. The number of fused-ring (bicyclic) bond motifs is 1. The van der Waals surface area contributed by atoms with Crippen LogP contribution >= 0.6 is 0 Å². The molecule has 2 rings (SSSR count). The predicted molar refractivity (Wildman–Crippen MR) is 72.4 cm³/mol. The lowest BCUT2D eigenvalue weighted by atomic mass is 9.85. The Kier molecular flexibility index (Phi) is 3.75. The van der Waals surface area contributed by atoms with Gasteiger partial charge in [-0.25, -0.2) is 4.72 Å². The summed E-state index contributed by atoms with van der Waals surface area (Å²) < 4.78 is 29.1. The number of nitrogens with one attached hydrogen (secondary N) is 2. The topological polar surface area (TPSA) is 61.4 Å². The first-order valence-electron chi connectivity index (χ1n) is 6.73. The minimum Gasteiger partial charge on any atom is -0.316 e. The zero-order chi connectivity index (χ0) is 13.6. The van der Waals surface area contributed by atoms with Crippen LogP contribution in [0.3, 0.4) is 0 Å². The third-order valence-electron chi connectivity index (χ3n) is 4.25. The zero-order valence-electron chi connectivity index (χ0n) is 11.7. The number of hydrogen-bond donors (Lipinski definition) is 2. The van der Waals surface area contributed by atoms with E-state index in [0.29, 0.717) is 30.8 Å². The summed E-state index contributed by atoms with van der Waals surface area (Å²) in [6, 6.07) is 0.